The monoisotopic (exact) mass is 197 g/mol. The van der Waals surface area contributed by atoms with Crippen LogP contribution in [0.1, 0.15) is 29.5 Å². The Balaban J connectivity index is 3.20. The third kappa shape index (κ3) is 2.23. The summed E-state index contributed by atoms with van der Waals surface area (Å²) >= 11 is 5.98. The summed E-state index contributed by atoms with van der Waals surface area (Å²) in [5.41, 5.74) is 9.45. The lowest BCUT2D eigenvalue weighted by molar-refractivity contribution is 0.766. The van der Waals surface area contributed by atoms with Crippen LogP contribution in [0.15, 0.2) is 12.1 Å². The van der Waals surface area contributed by atoms with Gasteiger partial charge < -0.3 is 5.73 Å². The third-order valence-corrected chi connectivity index (χ3v) is 2.77. The lowest BCUT2D eigenvalue weighted by Gasteiger charge is -2.14. The molecule has 2 heteroatoms. The quantitative estimate of drug-likeness (QED) is 0.775. The number of halogens is 1. The van der Waals surface area contributed by atoms with Crippen LogP contribution in [0.3, 0.4) is 0 Å². The van der Waals surface area contributed by atoms with Crippen molar-refractivity contribution >= 4 is 11.6 Å². The van der Waals surface area contributed by atoms with Crippen molar-refractivity contribution in [3.05, 3.63) is 33.8 Å². The van der Waals surface area contributed by atoms with Crippen molar-refractivity contribution < 1.29 is 0 Å². The highest BCUT2D eigenvalue weighted by atomic mass is 35.5. The molecule has 0 aromatic heterocycles. The van der Waals surface area contributed by atoms with Crippen LogP contribution in [-0.2, 0) is 0 Å². The summed E-state index contributed by atoms with van der Waals surface area (Å²) in [5.74, 6) is 0.386. The molecule has 0 saturated heterocycles. The lowest BCUT2D eigenvalue weighted by atomic mass is 9.94. The molecule has 0 aliphatic carbocycles. The maximum absolute atomic E-state index is 5.98. The van der Waals surface area contributed by atoms with E-state index in [-0.39, 0.29) is 0 Å². The van der Waals surface area contributed by atoms with Gasteiger partial charge >= 0.3 is 0 Å². The van der Waals surface area contributed by atoms with E-state index in [1.165, 1.54) is 16.7 Å². The molecule has 13 heavy (non-hydrogen) atoms. The highest BCUT2D eigenvalue weighted by molar-refractivity contribution is 6.30. The average Bonchev–Trinajstić information content (AvgIpc) is 2.10. The van der Waals surface area contributed by atoms with E-state index in [9.17, 15) is 0 Å². The topological polar surface area (TPSA) is 26.0 Å². The second-order valence-electron chi connectivity index (χ2n) is 3.57. The van der Waals surface area contributed by atoms with E-state index < -0.39 is 0 Å². The van der Waals surface area contributed by atoms with E-state index in [1.54, 1.807) is 0 Å². The largest absolute Gasteiger partial charge is 0.330 e. The summed E-state index contributed by atoms with van der Waals surface area (Å²) in [5, 5.41) is 0.804. The molecule has 1 aromatic carbocycles. The molecule has 0 amide bonds. The highest BCUT2D eigenvalue weighted by Gasteiger charge is 2.09. The molecule has 1 rings (SSSR count). The molecule has 0 aliphatic heterocycles. The van der Waals surface area contributed by atoms with Gasteiger partial charge in [0.25, 0.3) is 0 Å². The number of nitrogens with two attached hydrogens (primary N) is 1. The zero-order chi connectivity index (χ0) is 10.0. The molecule has 1 aromatic rings. The summed E-state index contributed by atoms with van der Waals surface area (Å²) in [6, 6.07) is 4.01. The zero-order valence-electron chi connectivity index (χ0n) is 8.39. The predicted octanol–water partition coefficient (Wildman–Crippen LogP) is 3.02. The van der Waals surface area contributed by atoms with E-state index >= 15 is 0 Å². The standard InChI is InChI=1S/C11H16ClN/c1-7-4-10(12)5-11(9(7)3)8(2)6-13/h4-5,8H,6,13H2,1-3H3. The van der Waals surface area contributed by atoms with Crippen LogP contribution >= 0.6 is 11.6 Å². The average molecular weight is 198 g/mol. The van der Waals surface area contributed by atoms with Gasteiger partial charge in [0.15, 0.2) is 0 Å². The van der Waals surface area contributed by atoms with Gasteiger partial charge in [-0.25, -0.2) is 0 Å². The first kappa shape index (κ1) is 10.6. The van der Waals surface area contributed by atoms with Crippen molar-refractivity contribution in [2.45, 2.75) is 26.7 Å². The first-order valence-electron chi connectivity index (χ1n) is 4.53. The maximum Gasteiger partial charge on any atom is 0.0411 e. The minimum Gasteiger partial charge on any atom is -0.330 e. The van der Waals surface area contributed by atoms with Crippen LogP contribution in [0.2, 0.25) is 5.02 Å². The van der Waals surface area contributed by atoms with Gasteiger partial charge in [-0.05, 0) is 55.1 Å². The zero-order valence-corrected chi connectivity index (χ0v) is 9.15. The fourth-order valence-electron chi connectivity index (χ4n) is 1.48. The Morgan fingerprint density at radius 3 is 2.54 bits per heavy atom. The molecule has 0 aliphatic rings. The Bertz CT molecular complexity index is 307. The number of hydrogen-bond donors (Lipinski definition) is 1. The number of aryl methyl sites for hydroxylation is 1. The molecule has 0 fully saturated rings. The second-order valence-corrected chi connectivity index (χ2v) is 4.01. The molecule has 2 N–H and O–H groups in total. The van der Waals surface area contributed by atoms with Gasteiger partial charge in [-0.2, -0.15) is 0 Å². The molecule has 1 nitrogen and oxygen atoms in total. The third-order valence-electron chi connectivity index (χ3n) is 2.56. The van der Waals surface area contributed by atoms with Gasteiger partial charge in [-0.15, -0.1) is 0 Å². The highest BCUT2D eigenvalue weighted by Crippen LogP contribution is 2.25. The molecular weight excluding hydrogens is 182 g/mol. The Kier molecular flexibility index (Phi) is 3.34. The molecule has 72 valence electrons. The van der Waals surface area contributed by atoms with E-state index in [2.05, 4.69) is 20.8 Å². The minimum atomic E-state index is 0.386. The molecule has 0 saturated carbocycles. The fraction of sp³-hybridized carbons (Fsp3) is 0.455. The maximum atomic E-state index is 5.98. The van der Waals surface area contributed by atoms with E-state index in [0.717, 1.165) is 5.02 Å². The van der Waals surface area contributed by atoms with E-state index in [4.69, 9.17) is 17.3 Å². The molecule has 0 bridgehead atoms. The van der Waals surface area contributed by atoms with Crippen molar-refractivity contribution in [3.63, 3.8) is 0 Å². The summed E-state index contributed by atoms with van der Waals surface area (Å²) in [4.78, 5) is 0. The van der Waals surface area contributed by atoms with E-state index in [1.807, 2.05) is 12.1 Å². The van der Waals surface area contributed by atoms with Crippen LogP contribution in [0.4, 0.5) is 0 Å². The Morgan fingerprint density at radius 2 is 2.00 bits per heavy atom. The summed E-state index contributed by atoms with van der Waals surface area (Å²) in [7, 11) is 0. The molecule has 0 heterocycles. The second kappa shape index (κ2) is 4.12. The van der Waals surface area contributed by atoms with Crippen LogP contribution in [0.5, 0.6) is 0 Å². The SMILES string of the molecule is Cc1cc(Cl)cc(C(C)CN)c1C. The smallest absolute Gasteiger partial charge is 0.0411 e. The summed E-state index contributed by atoms with van der Waals surface area (Å²) < 4.78 is 0. The minimum absolute atomic E-state index is 0.386. The predicted molar refractivity (Wildman–Crippen MR) is 58.4 cm³/mol. The van der Waals surface area contributed by atoms with Gasteiger partial charge in [-0.3, -0.25) is 0 Å². The Hall–Kier alpha value is -0.530. The first-order valence-corrected chi connectivity index (χ1v) is 4.90. The van der Waals surface area contributed by atoms with Crippen LogP contribution in [-0.4, -0.2) is 6.54 Å². The van der Waals surface area contributed by atoms with Crippen molar-refractivity contribution in [1.29, 1.82) is 0 Å². The first-order chi connectivity index (χ1) is 6.06. The Labute approximate surface area is 84.9 Å². The fourth-order valence-corrected chi connectivity index (χ4v) is 1.76. The number of rotatable bonds is 2. The van der Waals surface area contributed by atoms with Gasteiger partial charge in [0.1, 0.15) is 0 Å². The van der Waals surface area contributed by atoms with E-state index in [0.29, 0.717) is 12.5 Å². The molecule has 0 spiro atoms. The van der Waals surface area contributed by atoms with Crippen molar-refractivity contribution in [1.82, 2.24) is 0 Å². The Morgan fingerprint density at radius 1 is 1.38 bits per heavy atom. The van der Waals surface area contributed by atoms with Gasteiger partial charge in [-0.1, -0.05) is 18.5 Å². The molecule has 1 atom stereocenters. The summed E-state index contributed by atoms with van der Waals surface area (Å²) in [6.45, 7) is 6.99. The van der Waals surface area contributed by atoms with Crippen molar-refractivity contribution in [2.75, 3.05) is 6.54 Å². The van der Waals surface area contributed by atoms with Gasteiger partial charge in [0.05, 0.1) is 0 Å². The van der Waals surface area contributed by atoms with Crippen LogP contribution in [0.25, 0.3) is 0 Å². The normalized spacial score (nSPS) is 13.0. The van der Waals surface area contributed by atoms with Crippen molar-refractivity contribution in [3.8, 4) is 0 Å². The molecular formula is C11H16ClN. The summed E-state index contributed by atoms with van der Waals surface area (Å²) in [6.07, 6.45) is 0. The lowest BCUT2D eigenvalue weighted by Crippen LogP contribution is -2.10. The number of benzene rings is 1. The van der Waals surface area contributed by atoms with Crippen LogP contribution in [0, 0.1) is 13.8 Å². The van der Waals surface area contributed by atoms with Crippen molar-refractivity contribution in [2.24, 2.45) is 5.73 Å². The molecule has 0 radical (unpaired) electrons. The molecule has 1 unspecified atom stereocenters. The van der Waals surface area contributed by atoms with Gasteiger partial charge in [0, 0.05) is 5.02 Å². The van der Waals surface area contributed by atoms with Crippen LogP contribution < -0.4 is 5.73 Å². The number of hydrogen-bond acceptors (Lipinski definition) is 1. The van der Waals surface area contributed by atoms with Gasteiger partial charge in [0.2, 0.25) is 0 Å².